The summed E-state index contributed by atoms with van der Waals surface area (Å²) >= 11 is 6.10. The third-order valence-corrected chi connectivity index (χ3v) is 5.35. The van der Waals surface area contributed by atoms with E-state index in [0.29, 0.717) is 5.69 Å². The van der Waals surface area contributed by atoms with Gasteiger partial charge in [0.05, 0.1) is 5.56 Å². The number of halogens is 1. The van der Waals surface area contributed by atoms with Crippen LogP contribution in [0.25, 0.3) is 0 Å². The molecule has 182 valence electrons. The van der Waals surface area contributed by atoms with Crippen molar-refractivity contribution in [2.45, 2.75) is 33.4 Å². The van der Waals surface area contributed by atoms with Gasteiger partial charge in [0.25, 0.3) is 5.91 Å². The van der Waals surface area contributed by atoms with Crippen LogP contribution in [0.1, 0.15) is 35.3 Å². The van der Waals surface area contributed by atoms with Crippen molar-refractivity contribution in [2.24, 2.45) is 5.92 Å². The highest BCUT2D eigenvalue weighted by molar-refractivity contribution is 6.31. The summed E-state index contributed by atoms with van der Waals surface area (Å²) in [7, 11) is 0. The Morgan fingerprint density at radius 1 is 0.943 bits per heavy atom. The highest BCUT2D eigenvalue weighted by Gasteiger charge is 2.28. The first-order valence-electron chi connectivity index (χ1n) is 11.1. The molecule has 7 nitrogen and oxygen atoms in total. The maximum absolute atomic E-state index is 13.0. The maximum Gasteiger partial charge on any atom is 0.408 e. The Kier molecular flexibility index (Phi) is 8.86. The number of carbonyl (C=O) groups is 3. The van der Waals surface area contributed by atoms with E-state index >= 15 is 0 Å². The summed E-state index contributed by atoms with van der Waals surface area (Å²) in [5, 5.41) is 5.61. The topological polar surface area (TPSA) is 93.7 Å². The predicted molar refractivity (Wildman–Crippen MR) is 135 cm³/mol. The molecule has 0 unspecified atom stereocenters. The molecule has 0 fully saturated rings. The lowest BCUT2D eigenvalue weighted by Gasteiger charge is -2.21. The maximum atomic E-state index is 13.0. The Bertz CT molecular complexity index is 1180. The van der Waals surface area contributed by atoms with E-state index in [4.69, 9.17) is 21.1 Å². The monoisotopic (exact) mass is 494 g/mol. The van der Waals surface area contributed by atoms with Crippen LogP contribution in [0.2, 0.25) is 5.02 Å². The quantitative estimate of drug-likeness (QED) is 0.307. The molecule has 2 amide bonds. The van der Waals surface area contributed by atoms with Gasteiger partial charge in [0, 0.05) is 16.8 Å². The second-order valence-corrected chi connectivity index (χ2v) is 8.75. The smallest absolute Gasteiger partial charge is 0.408 e. The van der Waals surface area contributed by atoms with Crippen molar-refractivity contribution >= 4 is 35.3 Å². The number of aryl methyl sites for hydroxylation is 1. The lowest BCUT2D eigenvalue weighted by Crippen LogP contribution is -2.46. The van der Waals surface area contributed by atoms with Gasteiger partial charge in [0.2, 0.25) is 0 Å². The number of amides is 2. The molecule has 3 rings (SSSR count). The number of carbonyl (C=O) groups excluding carboxylic acids is 3. The number of ether oxygens (including phenoxy) is 2. The van der Waals surface area contributed by atoms with Crippen LogP contribution in [0.15, 0.2) is 72.8 Å². The van der Waals surface area contributed by atoms with E-state index in [1.807, 2.05) is 49.4 Å². The van der Waals surface area contributed by atoms with Crippen LogP contribution in [-0.2, 0) is 16.1 Å². The lowest BCUT2D eigenvalue weighted by atomic mass is 10.0. The summed E-state index contributed by atoms with van der Waals surface area (Å²) in [6, 6.07) is 19.8. The van der Waals surface area contributed by atoms with Crippen LogP contribution in [-0.4, -0.2) is 24.0 Å². The standard InChI is InChI=1S/C27H27ClN2O5/c1-17(2)24(30-27(33)34-16-19-7-5-4-6-8-19)26(32)35-23-15-20(28)11-14-22(23)25(31)29-21-12-9-18(3)10-13-21/h4-15,17,24H,16H2,1-3H3,(H,29,31)(H,30,33)/t24-/m0/s1. The summed E-state index contributed by atoms with van der Waals surface area (Å²) in [4.78, 5) is 38.2. The average molecular weight is 495 g/mol. The fourth-order valence-electron chi connectivity index (χ4n) is 3.16. The highest BCUT2D eigenvalue weighted by atomic mass is 35.5. The van der Waals surface area contributed by atoms with Crippen molar-refractivity contribution in [1.82, 2.24) is 5.32 Å². The number of rotatable bonds is 8. The number of nitrogens with one attached hydrogen (secondary N) is 2. The zero-order valence-electron chi connectivity index (χ0n) is 19.7. The van der Waals surface area contributed by atoms with Crippen molar-refractivity contribution in [3.05, 3.63) is 94.5 Å². The molecule has 0 bridgehead atoms. The Morgan fingerprint density at radius 2 is 1.63 bits per heavy atom. The van der Waals surface area contributed by atoms with Crippen molar-refractivity contribution in [3.8, 4) is 5.75 Å². The van der Waals surface area contributed by atoms with E-state index < -0.39 is 24.0 Å². The first kappa shape index (κ1) is 25.8. The molecule has 0 aliphatic carbocycles. The van der Waals surface area contributed by atoms with Crippen LogP contribution in [0.4, 0.5) is 10.5 Å². The molecule has 35 heavy (non-hydrogen) atoms. The van der Waals surface area contributed by atoms with Gasteiger partial charge < -0.3 is 20.1 Å². The Balaban J connectivity index is 1.70. The van der Waals surface area contributed by atoms with Gasteiger partial charge in [-0.15, -0.1) is 0 Å². The van der Waals surface area contributed by atoms with Crippen molar-refractivity contribution in [2.75, 3.05) is 5.32 Å². The SMILES string of the molecule is Cc1ccc(NC(=O)c2ccc(Cl)cc2OC(=O)[C@@H](NC(=O)OCc2ccccc2)C(C)C)cc1. The molecule has 1 atom stereocenters. The summed E-state index contributed by atoms with van der Waals surface area (Å²) < 4.78 is 10.8. The van der Waals surface area contributed by atoms with E-state index in [-0.39, 0.29) is 28.9 Å². The highest BCUT2D eigenvalue weighted by Crippen LogP contribution is 2.26. The van der Waals surface area contributed by atoms with Gasteiger partial charge in [-0.2, -0.15) is 0 Å². The van der Waals surface area contributed by atoms with Crippen LogP contribution in [0.3, 0.4) is 0 Å². The zero-order valence-corrected chi connectivity index (χ0v) is 20.5. The second kappa shape index (κ2) is 12.0. The number of esters is 1. The van der Waals surface area contributed by atoms with Crippen molar-refractivity contribution < 1.29 is 23.9 Å². The van der Waals surface area contributed by atoms with E-state index in [2.05, 4.69) is 10.6 Å². The zero-order chi connectivity index (χ0) is 25.4. The second-order valence-electron chi connectivity index (χ2n) is 8.31. The molecule has 0 saturated carbocycles. The molecule has 3 aromatic carbocycles. The number of anilines is 1. The van der Waals surface area contributed by atoms with Gasteiger partial charge in [-0.25, -0.2) is 9.59 Å². The molecule has 0 heterocycles. The normalized spacial score (nSPS) is 11.5. The van der Waals surface area contributed by atoms with E-state index in [1.165, 1.54) is 18.2 Å². The summed E-state index contributed by atoms with van der Waals surface area (Å²) in [5.74, 6) is -1.54. The fourth-order valence-corrected chi connectivity index (χ4v) is 3.33. The molecule has 0 aliphatic heterocycles. The predicted octanol–water partition coefficient (Wildman–Crippen LogP) is 5.76. The molecule has 0 spiro atoms. The van der Waals surface area contributed by atoms with Gasteiger partial charge >= 0.3 is 12.1 Å². The summed E-state index contributed by atoms with van der Waals surface area (Å²) in [5.41, 5.74) is 2.58. The van der Waals surface area contributed by atoms with Crippen molar-refractivity contribution in [1.29, 1.82) is 0 Å². The van der Waals surface area contributed by atoms with Crippen LogP contribution < -0.4 is 15.4 Å². The van der Waals surface area contributed by atoms with Crippen molar-refractivity contribution in [3.63, 3.8) is 0 Å². The van der Waals surface area contributed by atoms with Gasteiger partial charge in [0.1, 0.15) is 18.4 Å². The third-order valence-electron chi connectivity index (χ3n) is 5.11. The average Bonchev–Trinajstić information content (AvgIpc) is 2.83. The molecular weight excluding hydrogens is 468 g/mol. The molecule has 0 aliphatic rings. The van der Waals surface area contributed by atoms with Crippen LogP contribution >= 0.6 is 11.6 Å². The summed E-state index contributed by atoms with van der Waals surface area (Å²) in [6.45, 7) is 5.52. The number of hydrogen-bond donors (Lipinski definition) is 2. The van der Waals surface area contributed by atoms with Gasteiger partial charge in [-0.3, -0.25) is 4.79 Å². The van der Waals surface area contributed by atoms with E-state index in [0.717, 1.165) is 11.1 Å². The molecule has 2 N–H and O–H groups in total. The van der Waals surface area contributed by atoms with E-state index in [9.17, 15) is 14.4 Å². The van der Waals surface area contributed by atoms with Crippen LogP contribution in [0.5, 0.6) is 5.75 Å². The van der Waals surface area contributed by atoms with Gasteiger partial charge in [-0.05, 0) is 42.7 Å². The summed E-state index contributed by atoms with van der Waals surface area (Å²) in [6.07, 6.45) is -0.757. The molecular formula is C27H27ClN2O5. The van der Waals surface area contributed by atoms with E-state index in [1.54, 1.807) is 26.0 Å². The minimum absolute atomic E-state index is 0.0165. The fraction of sp³-hybridized carbons (Fsp3) is 0.222. The number of hydrogen-bond acceptors (Lipinski definition) is 5. The Labute approximate surface area is 209 Å². The van der Waals surface area contributed by atoms with Gasteiger partial charge in [-0.1, -0.05) is 73.5 Å². The number of alkyl carbamates (subject to hydrolysis) is 1. The third kappa shape index (κ3) is 7.58. The molecule has 0 radical (unpaired) electrons. The minimum atomic E-state index is -1.01. The van der Waals surface area contributed by atoms with Crippen LogP contribution in [0, 0.1) is 12.8 Å². The molecule has 3 aromatic rings. The molecule has 0 aromatic heterocycles. The number of benzene rings is 3. The van der Waals surface area contributed by atoms with Gasteiger partial charge in [0.15, 0.2) is 0 Å². The first-order chi connectivity index (χ1) is 16.7. The largest absolute Gasteiger partial charge is 0.445 e. The minimum Gasteiger partial charge on any atom is -0.445 e. The first-order valence-corrected chi connectivity index (χ1v) is 11.5. The Hall–Kier alpha value is -3.84. The molecule has 8 heteroatoms. The Morgan fingerprint density at radius 3 is 2.29 bits per heavy atom. The lowest BCUT2D eigenvalue weighted by molar-refractivity contribution is -0.137. The molecule has 0 saturated heterocycles.